The summed E-state index contributed by atoms with van der Waals surface area (Å²) < 4.78 is 25.8. The second-order valence-corrected chi connectivity index (χ2v) is 7.63. The van der Waals surface area contributed by atoms with Crippen molar-refractivity contribution in [2.45, 2.75) is 46.8 Å². The number of nitrogen functional groups attached to an aromatic ring is 1. The van der Waals surface area contributed by atoms with Crippen molar-refractivity contribution in [3.8, 4) is 5.69 Å². The van der Waals surface area contributed by atoms with Crippen LogP contribution in [-0.2, 0) is 16.0 Å². The lowest BCUT2D eigenvalue weighted by Gasteiger charge is -2.19. The minimum Gasteiger partial charge on any atom is -0.462 e. The van der Waals surface area contributed by atoms with Crippen molar-refractivity contribution in [3.63, 3.8) is 0 Å². The van der Waals surface area contributed by atoms with Gasteiger partial charge in [-0.05, 0) is 52.3 Å². The van der Waals surface area contributed by atoms with Crippen LogP contribution in [-0.4, -0.2) is 34.1 Å². The van der Waals surface area contributed by atoms with Gasteiger partial charge in [0.15, 0.2) is 0 Å². The highest BCUT2D eigenvalue weighted by Gasteiger charge is 2.22. The molecular weight excluding hydrogens is 403 g/mol. The quantitative estimate of drug-likeness (QED) is 0.704. The number of ether oxygens (including phenoxy) is 2. The second-order valence-electron chi connectivity index (χ2n) is 7.25. The number of aryl methyl sites for hydroxylation is 1. The fraction of sp³-hybridized carbons (Fsp3) is 0.421. The second kappa shape index (κ2) is 8.69. The maximum Gasteiger partial charge on any atom is 0.407 e. The first-order valence-corrected chi connectivity index (χ1v) is 9.29. The Labute approximate surface area is 173 Å². The van der Waals surface area contributed by atoms with E-state index in [0.29, 0.717) is 5.56 Å². The number of anilines is 1. The van der Waals surface area contributed by atoms with Crippen LogP contribution in [0.1, 0.15) is 49.3 Å². The minimum absolute atomic E-state index is 0.0368. The SMILES string of the molecule is CCOC(=O)c1cc(-n2nc(CNC(=O)OC(C)(C)C)c(Cl)c2N)c(F)cc1C. The Morgan fingerprint density at radius 3 is 2.59 bits per heavy atom. The van der Waals surface area contributed by atoms with Gasteiger partial charge in [-0.2, -0.15) is 5.10 Å². The zero-order chi connectivity index (χ0) is 21.9. The number of nitrogens with zero attached hydrogens (tertiary/aromatic N) is 2. The predicted molar refractivity (Wildman–Crippen MR) is 107 cm³/mol. The Morgan fingerprint density at radius 1 is 1.34 bits per heavy atom. The maximum atomic E-state index is 14.6. The van der Waals surface area contributed by atoms with Crippen molar-refractivity contribution in [2.75, 3.05) is 12.3 Å². The number of nitrogens with one attached hydrogen (secondary N) is 1. The number of carbonyl (C=O) groups excluding carboxylic acids is 2. The zero-order valence-corrected chi connectivity index (χ0v) is 17.7. The molecule has 1 heterocycles. The van der Waals surface area contributed by atoms with Crippen LogP contribution in [0.25, 0.3) is 5.69 Å². The van der Waals surface area contributed by atoms with E-state index < -0.39 is 23.5 Å². The lowest BCUT2D eigenvalue weighted by molar-refractivity contribution is 0.0513. The fourth-order valence-corrected chi connectivity index (χ4v) is 2.66. The highest BCUT2D eigenvalue weighted by Crippen LogP contribution is 2.29. The molecule has 1 aromatic heterocycles. The molecule has 2 rings (SSSR count). The molecule has 3 N–H and O–H groups in total. The Kier molecular flexibility index (Phi) is 6.73. The van der Waals surface area contributed by atoms with Gasteiger partial charge in [0, 0.05) is 0 Å². The van der Waals surface area contributed by atoms with E-state index in [4.69, 9.17) is 26.8 Å². The van der Waals surface area contributed by atoms with Gasteiger partial charge in [0.2, 0.25) is 0 Å². The van der Waals surface area contributed by atoms with Crippen molar-refractivity contribution in [3.05, 3.63) is 39.8 Å². The van der Waals surface area contributed by atoms with Crippen molar-refractivity contribution in [1.29, 1.82) is 0 Å². The fourth-order valence-electron chi connectivity index (χ4n) is 2.48. The van der Waals surface area contributed by atoms with E-state index in [1.165, 1.54) is 12.1 Å². The Bertz CT molecular complexity index is 937. The largest absolute Gasteiger partial charge is 0.462 e. The van der Waals surface area contributed by atoms with E-state index in [1.807, 2.05) is 0 Å². The molecule has 0 bridgehead atoms. The third-order valence-electron chi connectivity index (χ3n) is 3.74. The third-order valence-corrected chi connectivity index (χ3v) is 4.16. The van der Waals surface area contributed by atoms with Gasteiger partial charge < -0.3 is 20.5 Å². The number of alkyl carbamates (subject to hydrolysis) is 1. The highest BCUT2D eigenvalue weighted by atomic mass is 35.5. The molecular formula is C19H24ClFN4O4. The van der Waals surface area contributed by atoms with Crippen molar-refractivity contribution in [2.24, 2.45) is 0 Å². The summed E-state index contributed by atoms with van der Waals surface area (Å²) in [4.78, 5) is 23.9. The number of hydrogen-bond acceptors (Lipinski definition) is 6. The molecule has 0 unspecified atom stereocenters. The van der Waals surface area contributed by atoms with E-state index in [1.54, 1.807) is 34.6 Å². The van der Waals surface area contributed by atoms with Gasteiger partial charge in [0.25, 0.3) is 0 Å². The zero-order valence-electron chi connectivity index (χ0n) is 16.9. The number of esters is 1. The maximum absolute atomic E-state index is 14.6. The van der Waals surface area contributed by atoms with Gasteiger partial charge in [-0.3, -0.25) is 0 Å². The summed E-state index contributed by atoms with van der Waals surface area (Å²) in [6.45, 7) is 8.56. The molecule has 0 fully saturated rings. The summed E-state index contributed by atoms with van der Waals surface area (Å²) in [5.74, 6) is -1.27. The van der Waals surface area contributed by atoms with Gasteiger partial charge in [0.1, 0.15) is 33.6 Å². The van der Waals surface area contributed by atoms with E-state index in [0.717, 1.165) is 4.68 Å². The minimum atomic E-state index is -0.666. The van der Waals surface area contributed by atoms with E-state index in [2.05, 4.69) is 10.4 Å². The van der Waals surface area contributed by atoms with E-state index >= 15 is 0 Å². The van der Waals surface area contributed by atoms with E-state index in [9.17, 15) is 14.0 Å². The molecule has 0 saturated heterocycles. The van der Waals surface area contributed by atoms with E-state index in [-0.39, 0.29) is 40.9 Å². The normalized spacial score (nSPS) is 11.3. The number of amides is 1. The van der Waals surface area contributed by atoms with Crippen LogP contribution < -0.4 is 11.1 Å². The van der Waals surface area contributed by atoms with Gasteiger partial charge in [0.05, 0.1) is 18.7 Å². The molecule has 10 heteroatoms. The summed E-state index contributed by atoms with van der Waals surface area (Å²) in [6.07, 6.45) is -0.659. The monoisotopic (exact) mass is 426 g/mol. The first-order valence-electron chi connectivity index (χ1n) is 8.92. The van der Waals surface area contributed by atoms with Gasteiger partial charge >= 0.3 is 12.1 Å². The molecule has 0 aliphatic rings. The average Bonchev–Trinajstić information content (AvgIpc) is 2.87. The summed E-state index contributed by atoms with van der Waals surface area (Å²) >= 11 is 6.20. The molecule has 0 aliphatic carbocycles. The van der Waals surface area contributed by atoms with Gasteiger partial charge in [-0.1, -0.05) is 11.6 Å². The predicted octanol–water partition coefficient (Wildman–Crippen LogP) is 3.76. The number of hydrogen-bond donors (Lipinski definition) is 2. The molecule has 2 aromatic rings. The van der Waals surface area contributed by atoms with Crippen LogP contribution >= 0.6 is 11.6 Å². The number of halogens is 2. The average molecular weight is 427 g/mol. The smallest absolute Gasteiger partial charge is 0.407 e. The molecule has 1 amide bonds. The third kappa shape index (κ3) is 5.38. The lowest BCUT2D eigenvalue weighted by atomic mass is 10.1. The molecule has 0 radical (unpaired) electrons. The molecule has 8 nitrogen and oxygen atoms in total. The van der Waals surface area contributed by atoms with Crippen LogP contribution in [0.3, 0.4) is 0 Å². The van der Waals surface area contributed by atoms with Crippen molar-refractivity contribution >= 4 is 29.5 Å². The Balaban J connectivity index is 2.35. The molecule has 1 aromatic carbocycles. The van der Waals surface area contributed by atoms with Gasteiger partial charge in [-0.25, -0.2) is 18.7 Å². The number of aromatic nitrogens is 2. The molecule has 158 valence electrons. The highest BCUT2D eigenvalue weighted by molar-refractivity contribution is 6.33. The molecule has 0 aliphatic heterocycles. The molecule has 0 spiro atoms. The van der Waals surface area contributed by atoms with Crippen molar-refractivity contribution in [1.82, 2.24) is 15.1 Å². The summed E-state index contributed by atoms with van der Waals surface area (Å²) in [7, 11) is 0. The first kappa shape index (κ1) is 22.5. The standard InChI is InChI=1S/C19H24ClFN4O4/c1-6-28-17(26)11-8-14(12(21)7-10(11)2)25-16(22)15(20)13(24-25)9-23-18(27)29-19(3,4)5/h7-8H,6,9,22H2,1-5H3,(H,23,27). The lowest BCUT2D eigenvalue weighted by Crippen LogP contribution is -2.32. The van der Waals surface area contributed by atoms with Crippen molar-refractivity contribution < 1.29 is 23.5 Å². The first-order chi connectivity index (χ1) is 13.4. The van der Waals surface area contributed by atoms with Crippen LogP contribution in [0.15, 0.2) is 12.1 Å². The number of benzene rings is 1. The van der Waals surface area contributed by atoms with Crippen LogP contribution in [0, 0.1) is 12.7 Å². The molecule has 0 atom stereocenters. The van der Waals surface area contributed by atoms with Crippen LogP contribution in [0.5, 0.6) is 0 Å². The van der Waals surface area contributed by atoms with Gasteiger partial charge in [-0.15, -0.1) is 0 Å². The number of carbonyl (C=O) groups is 2. The number of rotatable bonds is 5. The Hall–Kier alpha value is -2.81. The molecule has 0 saturated carbocycles. The topological polar surface area (TPSA) is 108 Å². The summed E-state index contributed by atoms with van der Waals surface area (Å²) in [5.41, 5.74) is 6.05. The number of nitrogens with two attached hydrogens (primary N) is 1. The summed E-state index contributed by atoms with van der Waals surface area (Å²) in [6, 6.07) is 2.49. The van der Waals surface area contributed by atoms with Crippen LogP contribution in [0.2, 0.25) is 5.02 Å². The van der Waals surface area contributed by atoms with Crippen LogP contribution in [0.4, 0.5) is 15.0 Å². The summed E-state index contributed by atoms with van der Waals surface area (Å²) in [5, 5.41) is 6.75. The Morgan fingerprint density at radius 2 is 2.00 bits per heavy atom. The molecule has 29 heavy (non-hydrogen) atoms.